The Balaban J connectivity index is 1.13. The lowest BCUT2D eigenvalue weighted by atomic mass is 9.94. The van der Waals surface area contributed by atoms with Crippen LogP contribution in [-0.2, 0) is 0 Å². The first-order chi connectivity index (χ1) is 23.3. The maximum absolute atomic E-state index is 5.14. The van der Waals surface area contributed by atoms with E-state index < -0.39 is 0 Å². The van der Waals surface area contributed by atoms with Crippen molar-refractivity contribution in [2.24, 2.45) is 0 Å². The van der Waals surface area contributed by atoms with E-state index in [-0.39, 0.29) is 5.92 Å². The fourth-order valence-electron chi connectivity index (χ4n) is 7.94. The highest BCUT2D eigenvalue weighted by atomic mass is 15.0. The molecule has 0 radical (unpaired) electrons. The van der Waals surface area contributed by atoms with Gasteiger partial charge in [0.05, 0.1) is 22.4 Å². The molecule has 1 atom stereocenters. The number of allylic oxidation sites excluding steroid dienone is 8. The van der Waals surface area contributed by atoms with Crippen LogP contribution in [0, 0.1) is 0 Å². The van der Waals surface area contributed by atoms with Crippen molar-refractivity contribution in [3.8, 4) is 39.3 Å². The van der Waals surface area contributed by atoms with E-state index in [2.05, 4.69) is 150 Å². The Morgan fingerprint density at radius 3 is 2.36 bits per heavy atom. The summed E-state index contributed by atoms with van der Waals surface area (Å²) in [5.41, 5.74) is 13.3. The molecular formula is C44H31N3. The molecule has 3 aliphatic rings. The summed E-state index contributed by atoms with van der Waals surface area (Å²) in [6.45, 7) is 0. The van der Waals surface area contributed by atoms with Gasteiger partial charge >= 0.3 is 0 Å². The quantitative estimate of drug-likeness (QED) is 0.201. The monoisotopic (exact) mass is 601 g/mol. The van der Waals surface area contributed by atoms with Crippen LogP contribution >= 0.6 is 0 Å². The van der Waals surface area contributed by atoms with Gasteiger partial charge in [0.1, 0.15) is 0 Å². The summed E-state index contributed by atoms with van der Waals surface area (Å²) in [7, 11) is 0. The van der Waals surface area contributed by atoms with E-state index in [1.807, 2.05) is 0 Å². The summed E-state index contributed by atoms with van der Waals surface area (Å²) in [6.07, 6.45) is 18.3. The number of nitrogens with zero attached hydrogens (tertiary/aromatic N) is 3. The average molecular weight is 602 g/mol. The molecule has 2 aromatic heterocycles. The van der Waals surface area contributed by atoms with Crippen molar-refractivity contribution >= 4 is 38.2 Å². The molecule has 0 amide bonds. The molecule has 7 aromatic rings. The maximum atomic E-state index is 5.14. The first-order valence-electron chi connectivity index (χ1n) is 16.6. The third kappa shape index (κ3) is 4.06. The molecule has 222 valence electrons. The van der Waals surface area contributed by atoms with E-state index in [9.17, 15) is 0 Å². The van der Waals surface area contributed by atoms with Gasteiger partial charge in [-0.25, -0.2) is 9.97 Å². The van der Waals surface area contributed by atoms with Crippen LogP contribution in [0.4, 0.5) is 0 Å². The number of benzene rings is 5. The van der Waals surface area contributed by atoms with Crippen molar-refractivity contribution in [1.29, 1.82) is 0 Å². The standard InChI is InChI=1S/C44H31N3/c1-3-11-28(12-4-1)37-27-38(29-13-5-2-6-14-29)46-44(45-37)31-21-23-32(24-22-31)47-39-20-8-7-17-35(39)43-40(47)26-25-34-33-18-9-15-30-16-10-19-36(41(30)33)42(34)43/h1-5,7-11,13,15-28H,6,12,14H2. The van der Waals surface area contributed by atoms with Gasteiger partial charge in [-0.1, -0.05) is 103 Å². The molecule has 10 rings (SSSR count). The largest absolute Gasteiger partial charge is 0.309 e. The Bertz CT molecular complexity index is 2530. The third-order valence-corrected chi connectivity index (χ3v) is 10.1. The Kier molecular flexibility index (Phi) is 5.83. The van der Waals surface area contributed by atoms with Gasteiger partial charge in [0.2, 0.25) is 0 Å². The summed E-state index contributed by atoms with van der Waals surface area (Å²) in [5.74, 6) is 1.05. The molecule has 3 nitrogen and oxygen atoms in total. The topological polar surface area (TPSA) is 30.7 Å². The van der Waals surface area contributed by atoms with Crippen LogP contribution < -0.4 is 0 Å². The second-order valence-corrected chi connectivity index (χ2v) is 12.8. The molecule has 1 unspecified atom stereocenters. The first-order valence-corrected chi connectivity index (χ1v) is 16.6. The fraction of sp³-hybridized carbons (Fsp3) is 0.0909. The predicted octanol–water partition coefficient (Wildman–Crippen LogP) is 11.4. The predicted molar refractivity (Wildman–Crippen MR) is 196 cm³/mol. The lowest BCUT2D eigenvalue weighted by molar-refractivity contribution is 0.808. The number of hydrogen-bond donors (Lipinski definition) is 0. The molecule has 0 bridgehead atoms. The fourth-order valence-corrected chi connectivity index (χ4v) is 7.94. The highest BCUT2D eigenvalue weighted by Gasteiger charge is 2.26. The van der Waals surface area contributed by atoms with Crippen LogP contribution in [0.2, 0.25) is 0 Å². The molecule has 0 saturated heterocycles. The van der Waals surface area contributed by atoms with Gasteiger partial charge in [-0.2, -0.15) is 0 Å². The van der Waals surface area contributed by atoms with Crippen molar-refractivity contribution < 1.29 is 0 Å². The second-order valence-electron chi connectivity index (χ2n) is 12.8. The third-order valence-electron chi connectivity index (χ3n) is 10.1. The normalized spacial score (nSPS) is 16.3. The summed E-state index contributed by atoms with van der Waals surface area (Å²) in [5, 5.41) is 5.25. The van der Waals surface area contributed by atoms with Gasteiger partial charge in [0.15, 0.2) is 5.82 Å². The molecule has 3 aliphatic carbocycles. The zero-order valence-electron chi connectivity index (χ0n) is 25.9. The molecule has 0 spiro atoms. The molecular weight excluding hydrogens is 571 g/mol. The van der Waals surface area contributed by atoms with E-state index in [0.717, 1.165) is 47.7 Å². The minimum Gasteiger partial charge on any atom is -0.309 e. The van der Waals surface area contributed by atoms with Crippen LogP contribution in [0.5, 0.6) is 0 Å². The minimum atomic E-state index is 0.260. The van der Waals surface area contributed by atoms with Gasteiger partial charge < -0.3 is 4.57 Å². The van der Waals surface area contributed by atoms with Crippen LogP contribution in [-0.4, -0.2) is 14.5 Å². The second kappa shape index (κ2) is 10.4. The Morgan fingerprint density at radius 2 is 1.53 bits per heavy atom. The molecule has 0 aliphatic heterocycles. The Morgan fingerprint density at radius 1 is 0.660 bits per heavy atom. The number of para-hydroxylation sites is 1. The lowest BCUT2D eigenvalue weighted by Crippen LogP contribution is -2.06. The van der Waals surface area contributed by atoms with Gasteiger partial charge in [-0.3, -0.25) is 0 Å². The molecule has 0 N–H and O–H groups in total. The van der Waals surface area contributed by atoms with Crippen molar-refractivity contribution in [2.75, 3.05) is 0 Å². The van der Waals surface area contributed by atoms with Crippen molar-refractivity contribution in [2.45, 2.75) is 25.2 Å². The van der Waals surface area contributed by atoms with Gasteiger partial charge in [0, 0.05) is 33.5 Å². The highest BCUT2D eigenvalue weighted by Crippen LogP contribution is 2.52. The van der Waals surface area contributed by atoms with Crippen LogP contribution in [0.15, 0.2) is 146 Å². The maximum Gasteiger partial charge on any atom is 0.160 e. The highest BCUT2D eigenvalue weighted by molar-refractivity contribution is 6.26. The van der Waals surface area contributed by atoms with E-state index in [1.165, 1.54) is 60.4 Å². The van der Waals surface area contributed by atoms with E-state index in [1.54, 1.807) is 0 Å². The van der Waals surface area contributed by atoms with Gasteiger partial charge in [-0.05, 0) is 94.8 Å². The van der Waals surface area contributed by atoms with Crippen molar-refractivity contribution in [1.82, 2.24) is 14.5 Å². The number of rotatable bonds is 4. The molecule has 3 heteroatoms. The smallest absolute Gasteiger partial charge is 0.160 e. The lowest BCUT2D eigenvalue weighted by Gasteiger charge is -2.17. The molecule has 2 heterocycles. The Labute approximate surface area is 273 Å². The van der Waals surface area contributed by atoms with Gasteiger partial charge in [0.25, 0.3) is 0 Å². The van der Waals surface area contributed by atoms with Crippen molar-refractivity contribution in [3.05, 3.63) is 157 Å². The van der Waals surface area contributed by atoms with E-state index >= 15 is 0 Å². The molecule has 47 heavy (non-hydrogen) atoms. The molecule has 0 saturated carbocycles. The Hall–Kier alpha value is -5.80. The average Bonchev–Trinajstić information content (AvgIpc) is 3.66. The van der Waals surface area contributed by atoms with Gasteiger partial charge in [-0.15, -0.1) is 0 Å². The minimum absolute atomic E-state index is 0.260. The van der Waals surface area contributed by atoms with Crippen LogP contribution in [0.1, 0.15) is 36.6 Å². The summed E-state index contributed by atoms with van der Waals surface area (Å²) in [4.78, 5) is 10.3. The number of hydrogen-bond acceptors (Lipinski definition) is 2. The molecule has 0 fully saturated rings. The first kappa shape index (κ1) is 26.4. The SMILES string of the molecule is C1=CCCC(c2cc(C3C=CC=CC3)nc(-c3ccc(-n4c5ccccc5c5c6c(ccc54)-c4cccc5cccc-6c45)cc3)n2)=C1. The van der Waals surface area contributed by atoms with Crippen LogP contribution in [0.3, 0.4) is 0 Å². The molecule has 5 aromatic carbocycles. The number of fused-ring (bicyclic) bond motifs is 7. The number of aromatic nitrogens is 3. The van der Waals surface area contributed by atoms with E-state index in [4.69, 9.17) is 9.97 Å². The summed E-state index contributed by atoms with van der Waals surface area (Å²) < 4.78 is 2.42. The zero-order chi connectivity index (χ0) is 30.9. The zero-order valence-corrected chi connectivity index (χ0v) is 25.9. The van der Waals surface area contributed by atoms with Crippen molar-refractivity contribution in [3.63, 3.8) is 0 Å². The summed E-state index contributed by atoms with van der Waals surface area (Å²) >= 11 is 0. The summed E-state index contributed by atoms with van der Waals surface area (Å²) in [6, 6.07) is 37.9. The van der Waals surface area contributed by atoms with Crippen LogP contribution in [0.25, 0.3) is 77.5 Å². The van der Waals surface area contributed by atoms with E-state index in [0.29, 0.717) is 0 Å².